The summed E-state index contributed by atoms with van der Waals surface area (Å²) in [6.45, 7) is 5.96. The van der Waals surface area contributed by atoms with Crippen molar-refractivity contribution in [1.82, 2.24) is 5.32 Å². The lowest BCUT2D eigenvalue weighted by atomic mass is 10.2. The third kappa shape index (κ3) is 5.33. The van der Waals surface area contributed by atoms with E-state index in [-0.39, 0.29) is 10.8 Å². The molecule has 0 aromatic rings. The van der Waals surface area contributed by atoms with E-state index in [4.69, 9.17) is 23.2 Å². The second-order valence-electron chi connectivity index (χ2n) is 2.34. The van der Waals surface area contributed by atoms with Crippen LogP contribution in [0, 0.1) is 0 Å². The molecule has 0 fully saturated rings. The molecule has 1 nitrogen and oxygen atoms in total. The molecule has 0 saturated heterocycles. The molecule has 0 aromatic carbocycles. The standard InChI is InChI=1S/C7H15Cl2N/c1-3-10-5-4-7(9)6(2)8/h6-7,10H,3-5H2,1-2H3/t6?,7-/m0/s1. The Morgan fingerprint density at radius 2 is 2.00 bits per heavy atom. The van der Waals surface area contributed by atoms with Crippen LogP contribution in [0.1, 0.15) is 20.3 Å². The van der Waals surface area contributed by atoms with Gasteiger partial charge in [-0.05, 0) is 26.4 Å². The van der Waals surface area contributed by atoms with Crippen LogP contribution >= 0.6 is 23.2 Å². The van der Waals surface area contributed by atoms with Crippen LogP contribution in [0.4, 0.5) is 0 Å². The summed E-state index contributed by atoms with van der Waals surface area (Å²) in [5, 5.41) is 3.36. The molecule has 1 N–H and O–H groups in total. The number of alkyl halides is 2. The predicted octanol–water partition coefficient (Wildman–Crippen LogP) is 2.22. The van der Waals surface area contributed by atoms with E-state index in [0.29, 0.717) is 0 Å². The van der Waals surface area contributed by atoms with Gasteiger partial charge >= 0.3 is 0 Å². The second kappa shape index (κ2) is 6.26. The predicted molar refractivity (Wildman–Crippen MR) is 48.1 cm³/mol. The fourth-order valence-corrected chi connectivity index (χ4v) is 0.881. The molecule has 0 rings (SSSR count). The van der Waals surface area contributed by atoms with Crippen molar-refractivity contribution in [3.63, 3.8) is 0 Å². The maximum Gasteiger partial charge on any atom is 0.0509 e. The second-order valence-corrected chi connectivity index (χ2v) is 3.58. The Hall–Kier alpha value is 0.540. The quantitative estimate of drug-likeness (QED) is 0.510. The van der Waals surface area contributed by atoms with Crippen LogP contribution in [0.5, 0.6) is 0 Å². The van der Waals surface area contributed by atoms with Crippen LogP contribution in [-0.4, -0.2) is 23.8 Å². The lowest BCUT2D eigenvalue weighted by Crippen LogP contribution is -2.21. The van der Waals surface area contributed by atoms with Crippen molar-refractivity contribution in [3.8, 4) is 0 Å². The molecule has 0 aliphatic carbocycles. The highest BCUT2D eigenvalue weighted by atomic mass is 35.5. The summed E-state index contributed by atoms with van der Waals surface area (Å²) in [5.41, 5.74) is 0. The fourth-order valence-electron chi connectivity index (χ4n) is 0.646. The van der Waals surface area contributed by atoms with Gasteiger partial charge in [0.25, 0.3) is 0 Å². The Kier molecular flexibility index (Phi) is 6.60. The Balaban J connectivity index is 3.13. The molecule has 62 valence electrons. The highest BCUT2D eigenvalue weighted by Gasteiger charge is 2.09. The minimum absolute atomic E-state index is 0.0697. The van der Waals surface area contributed by atoms with Crippen LogP contribution in [0.2, 0.25) is 0 Å². The first-order valence-electron chi connectivity index (χ1n) is 3.67. The molecule has 0 aliphatic rings. The van der Waals surface area contributed by atoms with Crippen molar-refractivity contribution in [2.24, 2.45) is 0 Å². The van der Waals surface area contributed by atoms with Gasteiger partial charge < -0.3 is 5.32 Å². The minimum atomic E-state index is 0.0697. The summed E-state index contributed by atoms with van der Waals surface area (Å²) in [4.78, 5) is 0. The number of hydrogen-bond donors (Lipinski definition) is 1. The van der Waals surface area contributed by atoms with Crippen LogP contribution in [0.25, 0.3) is 0 Å². The maximum absolute atomic E-state index is 5.88. The number of rotatable bonds is 5. The van der Waals surface area contributed by atoms with Gasteiger partial charge in [0, 0.05) is 5.38 Å². The largest absolute Gasteiger partial charge is 0.317 e. The summed E-state index contributed by atoms with van der Waals surface area (Å²) in [5.74, 6) is 0. The third-order valence-corrected chi connectivity index (χ3v) is 2.37. The third-order valence-electron chi connectivity index (χ3n) is 1.35. The van der Waals surface area contributed by atoms with Crippen LogP contribution in [0.3, 0.4) is 0 Å². The number of nitrogens with one attached hydrogen (secondary N) is 1. The monoisotopic (exact) mass is 183 g/mol. The van der Waals surface area contributed by atoms with Gasteiger partial charge in [-0.15, -0.1) is 23.2 Å². The fraction of sp³-hybridized carbons (Fsp3) is 1.00. The molecule has 0 aromatic heterocycles. The van der Waals surface area contributed by atoms with Crippen molar-refractivity contribution in [2.45, 2.75) is 31.0 Å². The van der Waals surface area contributed by atoms with Gasteiger partial charge in [0.1, 0.15) is 0 Å². The van der Waals surface area contributed by atoms with E-state index >= 15 is 0 Å². The first-order valence-corrected chi connectivity index (χ1v) is 4.54. The lowest BCUT2D eigenvalue weighted by molar-refractivity contribution is 0.642. The molecule has 3 heteroatoms. The number of hydrogen-bond acceptors (Lipinski definition) is 1. The zero-order chi connectivity index (χ0) is 7.98. The molecule has 0 bridgehead atoms. The number of halogens is 2. The Morgan fingerprint density at radius 3 is 2.40 bits per heavy atom. The van der Waals surface area contributed by atoms with Crippen molar-refractivity contribution in [1.29, 1.82) is 0 Å². The topological polar surface area (TPSA) is 12.0 Å². The molecular formula is C7H15Cl2N. The molecule has 0 spiro atoms. The van der Waals surface area contributed by atoms with E-state index < -0.39 is 0 Å². The molecule has 0 saturated carbocycles. The van der Waals surface area contributed by atoms with Gasteiger partial charge in [0.05, 0.1) is 5.38 Å². The van der Waals surface area contributed by atoms with Crippen LogP contribution < -0.4 is 5.32 Å². The highest BCUT2D eigenvalue weighted by molar-refractivity contribution is 6.29. The van der Waals surface area contributed by atoms with Crippen LogP contribution in [-0.2, 0) is 0 Å². The summed E-state index contributed by atoms with van der Waals surface area (Å²) in [6, 6.07) is 0. The Morgan fingerprint density at radius 1 is 1.40 bits per heavy atom. The molecule has 10 heavy (non-hydrogen) atoms. The van der Waals surface area contributed by atoms with Crippen molar-refractivity contribution >= 4 is 23.2 Å². The smallest absolute Gasteiger partial charge is 0.0509 e. The van der Waals surface area contributed by atoms with E-state index in [1.165, 1.54) is 0 Å². The normalized spacial score (nSPS) is 16.8. The van der Waals surface area contributed by atoms with Crippen LogP contribution in [0.15, 0.2) is 0 Å². The summed E-state index contributed by atoms with van der Waals surface area (Å²) in [6.07, 6.45) is 0.945. The summed E-state index contributed by atoms with van der Waals surface area (Å²) >= 11 is 11.6. The molecule has 0 aliphatic heterocycles. The summed E-state index contributed by atoms with van der Waals surface area (Å²) < 4.78 is 0. The van der Waals surface area contributed by atoms with Gasteiger partial charge in [0.15, 0.2) is 0 Å². The lowest BCUT2D eigenvalue weighted by Gasteiger charge is -2.10. The van der Waals surface area contributed by atoms with E-state index in [0.717, 1.165) is 19.5 Å². The Bertz CT molecular complexity index is 76.0. The minimum Gasteiger partial charge on any atom is -0.317 e. The van der Waals surface area contributed by atoms with E-state index in [9.17, 15) is 0 Å². The average molecular weight is 184 g/mol. The van der Waals surface area contributed by atoms with Gasteiger partial charge in [-0.25, -0.2) is 0 Å². The SMILES string of the molecule is CCNCC[C@H](Cl)C(C)Cl. The summed E-state index contributed by atoms with van der Waals surface area (Å²) in [7, 11) is 0. The first-order chi connectivity index (χ1) is 4.68. The van der Waals surface area contributed by atoms with Crippen molar-refractivity contribution in [2.75, 3.05) is 13.1 Å². The Labute approximate surface area is 73.1 Å². The maximum atomic E-state index is 5.88. The van der Waals surface area contributed by atoms with E-state index in [1.54, 1.807) is 0 Å². The van der Waals surface area contributed by atoms with Gasteiger partial charge in [-0.1, -0.05) is 6.92 Å². The van der Waals surface area contributed by atoms with E-state index in [1.807, 2.05) is 6.92 Å². The van der Waals surface area contributed by atoms with Gasteiger partial charge in [-0.3, -0.25) is 0 Å². The molecular weight excluding hydrogens is 169 g/mol. The zero-order valence-electron chi connectivity index (χ0n) is 6.53. The molecule has 0 amide bonds. The molecule has 0 heterocycles. The molecule has 2 atom stereocenters. The first kappa shape index (κ1) is 10.5. The average Bonchev–Trinajstić information content (AvgIpc) is 1.88. The van der Waals surface area contributed by atoms with E-state index in [2.05, 4.69) is 12.2 Å². The van der Waals surface area contributed by atoms with Gasteiger partial charge in [0.2, 0.25) is 0 Å². The van der Waals surface area contributed by atoms with Crippen molar-refractivity contribution < 1.29 is 0 Å². The van der Waals surface area contributed by atoms with Crippen molar-refractivity contribution in [3.05, 3.63) is 0 Å². The zero-order valence-corrected chi connectivity index (χ0v) is 8.04. The molecule has 1 unspecified atom stereocenters. The molecule has 0 radical (unpaired) electrons. The van der Waals surface area contributed by atoms with Gasteiger partial charge in [-0.2, -0.15) is 0 Å². The highest BCUT2D eigenvalue weighted by Crippen LogP contribution is 2.11.